The van der Waals surface area contributed by atoms with Gasteiger partial charge in [-0.05, 0) is 19.1 Å². The molecule has 1 aromatic heterocycles. The van der Waals surface area contributed by atoms with Gasteiger partial charge in [-0.2, -0.15) is 0 Å². The smallest absolute Gasteiger partial charge is 0.356 e. The molecule has 1 aromatic carbocycles. The summed E-state index contributed by atoms with van der Waals surface area (Å²) in [5.74, 6) is 0.767. The zero-order valence-corrected chi connectivity index (χ0v) is 11.1. The highest BCUT2D eigenvalue weighted by molar-refractivity contribution is 5.91. The maximum Gasteiger partial charge on any atom is 0.356 e. The molecule has 0 saturated carbocycles. The number of fused-ring (bicyclic) bond motifs is 1. The summed E-state index contributed by atoms with van der Waals surface area (Å²) < 4.78 is 15.3. The van der Waals surface area contributed by atoms with Gasteiger partial charge in [-0.1, -0.05) is 6.07 Å². The number of hydrogen-bond donors (Lipinski definition) is 0. The average molecular weight is 261 g/mol. The number of hydrogen-bond acceptors (Lipinski definition) is 5. The Labute approximate surface area is 111 Å². The second-order valence-electron chi connectivity index (χ2n) is 3.82. The SMILES string of the molecule is CCOC(=O)c1ccc2cc(OC)c(OC)cc2n1. The van der Waals surface area contributed by atoms with E-state index in [-0.39, 0.29) is 5.69 Å². The Hall–Kier alpha value is -2.30. The van der Waals surface area contributed by atoms with Crippen molar-refractivity contribution in [3.8, 4) is 11.5 Å². The summed E-state index contributed by atoms with van der Waals surface area (Å²) in [6, 6.07) is 6.98. The Balaban J connectivity index is 2.50. The number of esters is 1. The van der Waals surface area contributed by atoms with Crippen LogP contribution in [0.1, 0.15) is 17.4 Å². The lowest BCUT2D eigenvalue weighted by Gasteiger charge is -2.09. The minimum atomic E-state index is -0.431. The first-order valence-corrected chi connectivity index (χ1v) is 5.89. The lowest BCUT2D eigenvalue weighted by Crippen LogP contribution is -2.06. The maximum absolute atomic E-state index is 11.6. The van der Waals surface area contributed by atoms with Gasteiger partial charge in [-0.15, -0.1) is 0 Å². The second-order valence-corrected chi connectivity index (χ2v) is 3.82. The molecule has 0 aliphatic heterocycles. The first kappa shape index (κ1) is 13.1. The highest BCUT2D eigenvalue weighted by atomic mass is 16.5. The number of ether oxygens (including phenoxy) is 3. The zero-order chi connectivity index (χ0) is 13.8. The van der Waals surface area contributed by atoms with Gasteiger partial charge in [0.15, 0.2) is 11.5 Å². The van der Waals surface area contributed by atoms with Crippen LogP contribution in [-0.2, 0) is 4.74 Å². The fourth-order valence-electron chi connectivity index (χ4n) is 1.77. The molecule has 2 rings (SSSR count). The fourth-order valence-corrected chi connectivity index (χ4v) is 1.77. The predicted molar refractivity (Wildman–Crippen MR) is 70.8 cm³/mol. The summed E-state index contributed by atoms with van der Waals surface area (Å²) in [7, 11) is 3.13. The number of nitrogens with zero attached hydrogens (tertiary/aromatic N) is 1. The van der Waals surface area contributed by atoms with Crippen LogP contribution in [0.25, 0.3) is 10.9 Å². The van der Waals surface area contributed by atoms with Crippen molar-refractivity contribution in [2.45, 2.75) is 6.92 Å². The van der Waals surface area contributed by atoms with Crippen LogP contribution in [0.2, 0.25) is 0 Å². The number of benzene rings is 1. The van der Waals surface area contributed by atoms with Gasteiger partial charge in [0.25, 0.3) is 0 Å². The summed E-state index contributed by atoms with van der Waals surface area (Å²) >= 11 is 0. The van der Waals surface area contributed by atoms with Crippen molar-refractivity contribution >= 4 is 16.9 Å². The van der Waals surface area contributed by atoms with Crippen molar-refractivity contribution in [2.75, 3.05) is 20.8 Å². The lowest BCUT2D eigenvalue weighted by molar-refractivity contribution is 0.0520. The van der Waals surface area contributed by atoms with Gasteiger partial charge in [0.1, 0.15) is 5.69 Å². The summed E-state index contributed by atoms with van der Waals surface area (Å²) in [5.41, 5.74) is 0.935. The largest absolute Gasteiger partial charge is 0.493 e. The second kappa shape index (κ2) is 5.56. The number of carbonyl (C=O) groups excluding carboxylic acids is 1. The van der Waals surface area contributed by atoms with Crippen molar-refractivity contribution in [1.82, 2.24) is 4.98 Å². The predicted octanol–water partition coefficient (Wildman–Crippen LogP) is 2.43. The summed E-state index contributed by atoms with van der Waals surface area (Å²) in [5, 5.41) is 0.866. The molecule has 0 N–H and O–H groups in total. The van der Waals surface area contributed by atoms with Crippen LogP contribution in [0.4, 0.5) is 0 Å². The summed E-state index contributed by atoms with van der Waals surface area (Å²) in [4.78, 5) is 15.9. The van der Waals surface area contributed by atoms with Crippen LogP contribution in [0.3, 0.4) is 0 Å². The molecular formula is C14H15NO4. The minimum Gasteiger partial charge on any atom is -0.493 e. The molecule has 0 amide bonds. The quantitative estimate of drug-likeness (QED) is 0.791. The molecule has 0 atom stereocenters. The van der Waals surface area contributed by atoms with E-state index in [9.17, 15) is 4.79 Å². The third kappa shape index (κ3) is 2.59. The number of pyridine rings is 1. The van der Waals surface area contributed by atoms with Crippen molar-refractivity contribution in [3.63, 3.8) is 0 Å². The molecule has 19 heavy (non-hydrogen) atoms. The van der Waals surface area contributed by atoms with E-state index in [1.54, 1.807) is 39.3 Å². The maximum atomic E-state index is 11.6. The molecule has 5 heteroatoms. The van der Waals surface area contributed by atoms with Gasteiger partial charge in [0.2, 0.25) is 0 Å². The van der Waals surface area contributed by atoms with E-state index in [1.165, 1.54) is 0 Å². The first-order chi connectivity index (χ1) is 9.19. The van der Waals surface area contributed by atoms with E-state index < -0.39 is 5.97 Å². The Morgan fingerprint density at radius 2 is 1.84 bits per heavy atom. The van der Waals surface area contributed by atoms with E-state index in [2.05, 4.69) is 4.98 Å². The molecule has 5 nitrogen and oxygen atoms in total. The van der Waals surface area contributed by atoms with E-state index in [0.29, 0.717) is 23.6 Å². The molecule has 0 unspecified atom stereocenters. The normalized spacial score (nSPS) is 10.3. The minimum absolute atomic E-state index is 0.279. The molecule has 0 aliphatic rings. The Morgan fingerprint density at radius 3 is 2.47 bits per heavy atom. The van der Waals surface area contributed by atoms with Gasteiger partial charge in [-0.3, -0.25) is 0 Å². The summed E-state index contributed by atoms with van der Waals surface area (Å²) in [6.45, 7) is 2.08. The van der Waals surface area contributed by atoms with Gasteiger partial charge in [-0.25, -0.2) is 9.78 Å². The van der Waals surface area contributed by atoms with Gasteiger partial charge in [0, 0.05) is 11.5 Å². The molecule has 2 aromatic rings. The molecule has 0 spiro atoms. The van der Waals surface area contributed by atoms with Gasteiger partial charge >= 0.3 is 5.97 Å². The van der Waals surface area contributed by atoms with E-state index in [1.807, 2.05) is 6.07 Å². The number of aromatic nitrogens is 1. The van der Waals surface area contributed by atoms with Crippen LogP contribution in [0.5, 0.6) is 11.5 Å². The first-order valence-electron chi connectivity index (χ1n) is 5.89. The van der Waals surface area contributed by atoms with Crippen molar-refractivity contribution < 1.29 is 19.0 Å². The van der Waals surface area contributed by atoms with Gasteiger partial charge in [0.05, 0.1) is 26.3 Å². The highest BCUT2D eigenvalue weighted by Gasteiger charge is 2.11. The van der Waals surface area contributed by atoms with Crippen LogP contribution >= 0.6 is 0 Å². The van der Waals surface area contributed by atoms with Crippen molar-refractivity contribution in [1.29, 1.82) is 0 Å². The molecule has 0 fully saturated rings. The third-order valence-corrected chi connectivity index (χ3v) is 2.68. The Kier molecular flexibility index (Phi) is 3.85. The Morgan fingerprint density at radius 1 is 1.16 bits per heavy atom. The van der Waals surface area contributed by atoms with Crippen molar-refractivity contribution in [3.05, 3.63) is 30.0 Å². The number of carbonyl (C=O) groups is 1. The van der Waals surface area contributed by atoms with Crippen LogP contribution < -0.4 is 9.47 Å². The monoisotopic (exact) mass is 261 g/mol. The fraction of sp³-hybridized carbons (Fsp3) is 0.286. The molecular weight excluding hydrogens is 246 g/mol. The van der Waals surface area contributed by atoms with Crippen LogP contribution in [0, 0.1) is 0 Å². The highest BCUT2D eigenvalue weighted by Crippen LogP contribution is 2.31. The topological polar surface area (TPSA) is 57.7 Å². The average Bonchev–Trinajstić information content (AvgIpc) is 2.45. The zero-order valence-electron chi connectivity index (χ0n) is 11.1. The molecule has 1 heterocycles. The molecule has 0 aliphatic carbocycles. The van der Waals surface area contributed by atoms with Crippen LogP contribution in [0.15, 0.2) is 24.3 Å². The van der Waals surface area contributed by atoms with E-state index >= 15 is 0 Å². The van der Waals surface area contributed by atoms with E-state index in [0.717, 1.165) is 5.39 Å². The van der Waals surface area contributed by atoms with E-state index in [4.69, 9.17) is 14.2 Å². The van der Waals surface area contributed by atoms with Crippen molar-refractivity contribution in [2.24, 2.45) is 0 Å². The van der Waals surface area contributed by atoms with Crippen LogP contribution in [-0.4, -0.2) is 31.8 Å². The molecule has 0 bridgehead atoms. The van der Waals surface area contributed by atoms with Gasteiger partial charge < -0.3 is 14.2 Å². The standard InChI is InChI=1S/C14H15NO4/c1-4-19-14(16)10-6-5-9-7-12(17-2)13(18-3)8-11(9)15-10/h5-8H,4H2,1-3H3. The summed E-state index contributed by atoms with van der Waals surface area (Å²) in [6.07, 6.45) is 0. The Bertz CT molecular complexity index is 610. The number of rotatable bonds is 4. The molecule has 0 saturated heterocycles. The molecule has 0 radical (unpaired) electrons. The third-order valence-electron chi connectivity index (χ3n) is 2.68. The lowest BCUT2D eigenvalue weighted by atomic mass is 10.2. The number of methoxy groups -OCH3 is 2. The molecule has 100 valence electrons.